The number of hydrogen-bond acceptors (Lipinski definition) is 4. The first kappa shape index (κ1) is 17.8. The van der Waals surface area contributed by atoms with Gasteiger partial charge in [-0.25, -0.2) is 0 Å². The number of rotatable bonds is 4. The minimum Gasteiger partial charge on any atom is -0.494 e. The molecule has 0 bridgehead atoms. The lowest BCUT2D eigenvalue weighted by atomic mass is 10.0. The first-order valence-electron chi connectivity index (χ1n) is 6.42. The van der Waals surface area contributed by atoms with Crippen LogP contribution in [0.5, 0.6) is 5.75 Å². The number of ether oxygens (including phenoxy) is 1. The number of thiophene rings is 1. The Hall–Kier alpha value is -0.300. The average molecular weight is 384 g/mol. The van der Waals surface area contributed by atoms with Crippen LogP contribution in [0, 0.1) is 12.8 Å². The van der Waals surface area contributed by atoms with Crippen molar-refractivity contribution in [1.82, 2.24) is 5.32 Å². The number of nitrogens with two attached hydrogens (primary N) is 1. The summed E-state index contributed by atoms with van der Waals surface area (Å²) in [5, 5.41) is 3.10. The minimum absolute atomic E-state index is 0. The topological polar surface area (TPSA) is 64.3 Å². The van der Waals surface area contributed by atoms with Crippen molar-refractivity contribution < 1.29 is 9.53 Å². The van der Waals surface area contributed by atoms with Gasteiger partial charge in [-0.3, -0.25) is 4.79 Å². The number of carbonyl (C=O) groups is 1. The first-order valence-corrected chi connectivity index (χ1v) is 8.03. The summed E-state index contributed by atoms with van der Waals surface area (Å²) in [7, 11) is 1.58. The number of amides is 1. The van der Waals surface area contributed by atoms with Gasteiger partial charge >= 0.3 is 0 Å². The number of nitrogens with one attached hydrogen (secondary N) is 1. The summed E-state index contributed by atoms with van der Waals surface area (Å²) < 4.78 is 6.18. The Kier molecular flexibility index (Phi) is 6.78. The number of halogens is 2. The maximum atomic E-state index is 12.4. The van der Waals surface area contributed by atoms with Crippen molar-refractivity contribution in [2.24, 2.45) is 11.7 Å². The third-order valence-electron chi connectivity index (χ3n) is 3.66. The highest BCUT2D eigenvalue weighted by atomic mass is 79.9. The van der Waals surface area contributed by atoms with Crippen LogP contribution in [0.2, 0.25) is 0 Å². The monoisotopic (exact) mass is 382 g/mol. The predicted molar refractivity (Wildman–Crippen MR) is 88.2 cm³/mol. The molecule has 114 valence electrons. The summed E-state index contributed by atoms with van der Waals surface area (Å²) >= 11 is 4.90. The van der Waals surface area contributed by atoms with Crippen molar-refractivity contribution in [2.45, 2.75) is 32.2 Å². The summed E-state index contributed by atoms with van der Waals surface area (Å²) in [5.74, 6) is 0.975. The van der Waals surface area contributed by atoms with Gasteiger partial charge in [0, 0.05) is 10.9 Å². The van der Waals surface area contributed by atoms with Gasteiger partial charge in [0.1, 0.15) is 4.88 Å². The summed E-state index contributed by atoms with van der Waals surface area (Å²) in [6, 6.07) is 0.198. The van der Waals surface area contributed by atoms with Crippen LogP contribution in [0.4, 0.5) is 0 Å². The van der Waals surface area contributed by atoms with E-state index in [4.69, 9.17) is 10.5 Å². The fraction of sp³-hybridized carbons (Fsp3) is 0.615. The van der Waals surface area contributed by atoms with E-state index in [1.54, 1.807) is 7.11 Å². The molecule has 2 unspecified atom stereocenters. The van der Waals surface area contributed by atoms with Gasteiger partial charge in [-0.2, -0.15) is 0 Å². The van der Waals surface area contributed by atoms with Crippen LogP contribution in [0.15, 0.2) is 4.47 Å². The molecule has 0 saturated heterocycles. The molecule has 4 nitrogen and oxygen atoms in total. The number of methoxy groups -OCH3 is 1. The minimum atomic E-state index is -0.0546. The van der Waals surface area contributed by atoms with Gasteiger partial charge in [0.2, 0.25) is 0 Å². The Morgan fingerprint density at radius 2 is 2.25 bits per heavy atom. The van der Waals surface area contributed by atoms with E-state index >= 15 is 0 Å². The zero-order valence-corrected chi connectivity index (χ0v) is 14.8. The van der Waals surface area contributed by atoms with Crippen LogP contribution in [-0.4, -0.2) is 25.6 Å². The molecule has 1 aromatic rings. The molecular weight excluding hydrogens is 364 g/mol. The molecule has 2 rings (SSSR count). The molecule has 1 aliphatic carbocycles. The standard InChI is InChI=1S/C13H19BrN2O2S.ClH/c1-7-10(14)11(18-2)12(19-7)13(17)16-9-5-3-4-8(9)6-15;/h8-9H,3-6,15H2,1-2H3,(H,16,17);1H. The molecule has 1 heterocycles. The Labute approximate surface area is 138 Å². The van der Waals surface area contributed by atoms with Gasteiger partial charge in [0.25, 0.3) is 5.91 Å². The van der Waals surface area contributed by atoms with Gasteiger partial charge in [0.05, 0.1) is 11.6 Å². The smallest absolute Gasteiger partial charge is 0.265 e. The zero-order chi connectivity index (χ0) is 14.0. The molecule has 1 fully saturated rings. The molecule has 1 aliphatic rings. The van der Waals surface area contributed by atoms with Crippen LogP contribution in [0.3, 0.4) is 0 Å². The predicted octanol–water partition coefficient (Wildman–Crippen LogP) is 3.11. The van der Waals surface area contributed by atoms with Crippen molar-refractivity contribution in [2.75, 3.05) is 13.7 Å². The van der Waals surface area contributed by atoms with Gasteiger partial charge < -0.3 is 15.8 Å². The van der Waals surface area contributed by atoms with Gasteiger partial charge in [-0.15, -0.1) is 23.7 Å². The third-order valence-corrected chi connectivity index (χ3v) is 5.96. The van der Waals surface area contributed by atoms with Crippen molar-refractivity contribution in [3.63, 3.8) is 0 Å². The van der Waals surface area contributed by atoms with E-state index < -0.39 is 0 Å². The second kappa shape index (κ2) is 7.64. The molecule has 1 amide bonds. The van der Waals surface area contributed by atoms with Crippen LogP contribution in [0.1, 0.15) is 33.8 Å². The van der Waals surface area contributed by atoms with Crippen molar-refractivity contribution in [1.29, 1.82) is 0 Å². The zero-order valence-electron chi connectivity index (χ0n) is 11.6. The molecule has 1 saturated carbocycles. The fourth-order valence-electron chi connectivity index (χ4n) is 2.58. The molecule has 0 aliphatic heterocycles. The fourth-order valence-corrected chi connectivity index (χ4v) is 4.23. The quantitative estimate of drug-likeness (QED) is 0.839. The van der Waals surface area contributed by atoms with Crippen LogP contribution in [0.25, 0.3) is 0 Å². The lowest BCUT2D eigenvalue weighted by molar-refractivity contribution is 0.0930. The summed E-state index contributed by atoms with van der Waals surface area (Å²) in [6.07, 6.45) is 3.25. The Balaban J connectivity index is 0.00000200. The van der Waals surface area contributed by atoms with E-state index in [2.05, 4.69) is 21.2 Å². The van der Waals surface area contributed by atoms with Gasteiger partial charge in [-0.05, 0) is 48.2 Å². The summed E-state index contributed by atoms with van der Waals surface area (Å²) in [4.78, 5) is 14.0. The highest BCUT2D eigenvalue weighted by Gasteiger charge is 2.29. The van der Waals surface area contributed by atoms with E-state index in [-0.39, 0.29) is 24.4 Å². The number of carbonyl (C=O) groups excluding carboxylic acids is 1. The molecule has 2 atom stereocenters. The largest absolute Gasteiger partial charge is 0.494 e. The maximum Gasteiger partial charge on any atom is 0.265 e. The highest BCUT2D eigenvalue weighted by Crippen LogP contribution is 2.39. The SMILES string of the molecule is COc1c(C(=O)NC2CCCC2CN)sc(C)c1Br.Cl. The van der Waals surface area contributed by atoms with E-state index in [1.165, 1.54) is 11.3 Å². The van der Waals surface area contributed by atoms with E-state index in [0.717, 1.165) is 28.6 Å². The van der Waals surface area contributed by atoms with E-state index in [1.807, 2.05) is 6.92 Å². The van der Waals surface area contributed by atoms with Crippen molar-refractivity contribution in [3.05, 3.63) is 14.2 Å². The molecule has 0 radical (unpaired) electrons. The average Bonchev–Trinajstić information content (AvgIpc) is 2.95. The van der Waals surface area contributed by atoms with E-state index in [0.29, 0.717) is 23.1 Å². The lowest BCUT2D eigenvalue weighted by Gasteiger charge is -2.19. The van der Waals surface area contributed by atoms with Crippen molar-refractivity contribution >= 4 is 45.6 Å². The van der Waals surface area contributed by atoms with Crippen LogP contribution in [-0.2, 0) is 0 Å². The van der Waals surface area contributed by atoms with Gasteiger partial charge in [0.15, 0.2) is 5.75 Å². The van der Waals surface area contributed by atoms with Gasteiger partial charge in [-0.1, -0.05) is 6.42 Å². The first-order chi connectivity index (χ1) is 9.08. The van der Waals surface area contributed by atoms with Crippen LogP contribution < -0.4 is 15.8 Å². The molecule has 20 heavy (non-hydrogen) atoms. The summed E-state index contributed by atoms with van der Waals surface area (Å²) in [5.41, 5.74) is 5.74. The van der Waals surface area contributed by atoms with Crippen LogP contribution >= 0.6 is 39.7 Å². The molecule has 7 heteroatoms. The maximum absolute atomic E-state index is 12.4. The third kappa shape index (κ3) is 3.47. The highest BCUT2D eigenvalue weighted by molar-refractivity contribution is 9.10. The second-order valence-electron chi connectivity index (χ2n) is 4.84. The Bertz CT molecular complexity index is 481. The molecule has 0 spiro atoms. The van der Waals surface area contributed by atoms with Crippen molar-refractivity contribution in [3.8, 4) is 5.75 Å². The normalized spacial score (nSPS) is 21.4. The second-order valence-corrected chi connectivity index (χ2v) is 6.86. The number of hydrogen-bond donors (Lipinski definition) is 2. The molecule has 0 aromatic carbocycles. The Morgan fingerprint density at radius 1 is 1.55 bits per heavy atom. The molecular formula is C13H20BrClN2O2S. The number of aryl methyl sites for hydroxylation is 1. The lowest BCUT2D eigenvalue weighted by Crippen LogP contribution is -2.39. The molecule has 3 N–H and O–H groups in total. The summed E-state index contributed by atoms with van der Waals surface area (Å²) in [6.45, 7) is 2.60. The Morgan fingerprint density at radius 3 is 2.85 bits per heavy atom. The van der Waals surface area contributed by atoms with E-state index in [9.17, 15) is 4.79 Å². The molecule has 1 aromatic heterocycles.